The Bertz CT molecular complexity index is 1440. The van der Waals surface area contributed by atoms with Crippen LogP contribution in [-0.2, 0) is 35.2 Å². The number of nitrogens with zero attached hydrogens (tertiary/aromatic N) is 4. The zero-order valence-corrected chi connectivity index (χ0v) is 22.3. The van der Waals surface area contributed by atoms with Crippen molar-refractivity contribution in [3.8, 4) is 0 Å². The molecule has 7 rings (SSSR count). The molecule has 0 saturated heterocycles. The lowest BCUT2D eigenvalue weighted by molar-refractivity contribution is -0.144. The maximum absolute atomic E-state index is 13.6. The van der Waals surface area contributed by atoms with Gasteiger partial charge in [0.15, 0.2) is 5.01 Å². The first-order valence-electron chi connectivity index (χ1n) is 13.2. The van der Waals surface area contributed by atoms with Crippen molar-refractivity contribution >= 4 is 34.4 Å². The van der Waals surface area contributed by atoms with Crippen LogP contribution in [0.1, 0.15) is 71.8 Å². The number of ether oxygens (including phenoxy) is 1. The van der Waals surface area contributed by atoms with E-state index in [-0.39, 0.29) is 17.9 Å². The van der Waals surface area contributed by atoms with Gasteiger partial charge in [0.05, 0.1) is 18.8 Å². The van der Waals surface area contributed by atoms with E-state index in [0.717, 1.165) is 35.9 Å². The largest absolute Gasteiger partial charge is 0.506 e. The number of hydrogen-bond acceptors (Lipinski definition) is 6. The number of thiazole rings is 1. The van der Waals surface area contributed by atoms with Crippen LogP contribution >= 0.6 is 11.3 Å². The molecule has 3 aromatic rings. The van der Waals surface area contributed by atoms with Gasteiger partial charge in [-0.3, -0.25) is 4.79 Å². The molecule has 0 unspecified atom stereocenters. The molecule has 12 heteroatoms. The summed E-state index contributed by atoms with van der Waals surface area (Å²) in [6.45, 7) is 2.74. The van der Waals surface area contributed by atoms with Gasteiger partial charge in [0.25, 0.3) is 0 Å². The number of hydrogen-bond donors (Lipinski definition) is 1. The fourth-order valence-corrected chi connectivity index (χ4v) is 7.67. The number of halogens is 3. The molecule has 1 aliphatic heterocycles. The second-order valence-corrected chi connectivity index (χ2v) is 12.3. The van der Waals surface area contributed by atoms with Gasteiger partial charge in [-0.25, -0.2) is 14.8 Å². The Balaban J connectivity index is 1.24. The molecule has 1 amide bonds. The van der Waals surface area contributed by atoms with Gasteiger partial charge in [0, 0.05) is 35.1 Å². The smallest absolute Gasteiger partial charge is 0.450 e. The van der Waals surface area contributed by atoms with Gasteiger partial charge in [0.1, 0.15) is 11.2 Å². The summed E-state index contributed by atoms with van der Waals surface area (Å²) in [5, 5.41) is 9.22. The number of aromatic nitrogens is 3. The standard InChI is InChI=1S/C27H29F3N4O4S/c1-16-20(39-23(32-16)27(28,29)30)15-34-19-14-33(12-4-17(19)18-3-2-11-31-22(18)34)21(35)13-25-5-8-26(9-6-25,10-7-25)38-24(36)37/h2-3,11H,4-10,12-15H2,1H3,(H,36,37). The van der Waals surface area contributed by atoms with Crippen molar-refractivity contribution < 1.29 is 32.6 Å². The van der Waals surface area contributed by atoms with E-state index < -0.39 is 22.9 Å². The number of rotatable bonds is 5. The van der Waals surface area contributed by atoms with E-state index in [1.807, 2.05) is 21.6 Å². The first kappa shape index (κ1) is 26.1. The van der Waals surface area contributed by atoms with Crippen molar-refractivity contribution in [1.29, 1.82) is 0 Å². The fraction of sp³-hybridized carbons (Fsp3) is 0.556. The molecule has 8 nitrogen and oxygen atoms in total. The van der Waals surface area contributed by atoms with E-state index in [1.54, 1.807) is 13.1 Å². The predicted octanol–water partition coefficient (Wildman–Crippen LogP) is 5.93. The van der Waals surface area contributed by atoms with Gasteiger partial charge in [-0.15, -0.1) is 11.3 Å². The highest BCUT2D eigenvalue weighted by atomic mass is 32.1. The number of aryl methyl sites for hydroxylation is 1. The average molecular weight is 563 g/mol. The molecule has 3 aromatic heterocycles. The van der Waals surface area contributed by atoms with E-state index in [1.165, 1.54) is 0 Å². The quantitative estimate of drug-likeness (QED) is 0.387. The van der Waals surface area contributed by atoms with Gasteiger partial charge >= 0.3 is 12.3 Å². The first-order valence-corrected chi connectivity index (χ1v) is 14.0. The van der Waals surface area contributed by atoms with Crippen LogP contribution in [0.25, 0.3) is 11.0 Å². The summed E-state index contributed by atoms with van der Waals surface area (Å²) in [6, 6.07) is 3.83. The SMILES string of the molecule is Cc1nc(C(F)(F)F)sc1Cn1c2c(c3cccnc31)CCN(C(=O)CC13CCC(OC(=O)O)(CC1)CC3)C2. The summed E-state index contributed by atoms with van der Waals surface area (Å²) in [5.74, 6) is 0.0623. The topological polar surface area (TPSA) is 97.5 Å². The van der Waals surface area contributed by atoms with Crippen LogP contribution in [0, 0.1) is 12.3 Å². The number of pyridine rings is 1. The molecule has 3 saturated carbocycles. The minimum atomic E-state index is -4.50. The van der Waals surface area contributed by atoms with Crippen LogP contribution in [-0.4, -0.2) is 48.7 Å². The number of carbonyl (C=O) groups excluding carboxylic acids is 1. The summed E-state index contributed by atoms with van der Waals surface area (Å²) in [7, 11) is 0. The molecule has 3 aliphatic carbocycles. The van der Waals surface area contributed by atoms with Gasteiger partial charge in [-0.1, -0.05) is 0 Å². The summed E-state index contributed by atoms with van der Waals surface area (Å²) < 4.78 is 47.1. The zero-order valence-electron chi connectivity index (χ0n) is 21.5. The van der Waals surface area contributed by atoms with Crippen LogP contribution in [0.3, 0.4) is 0 Å². The van der Waals surface area contributed by atoms with E-state index >= 15 is 0 Å². The molecule has 0 radical (unpaired) electrons. The molecule has 3 fully saturated rings. The van der Waals surface area contributed by atoms with Crippen LogP contribution in [0.2, 0.25) is 0 Å². The van der Waals surface area contributed by atoms with Crippen molar-refractivity contribution in [3.05, 3.63) is 45.2 Å². The highest BCUT2D eigenvalue weighted by Gasteiger charge is 2.52. The minimum Gasteiger partial charge on any atom is -0.450 e. The predicted molar refractivity (Wildman–Crippen MR) is 136 cm³/mol. The van der Waals surface area contributed by atoms with Crippen LogP contribution < -0.4 is 0 Å². The number of fused-ring (bicyclic) bond motifs is 6. The lowest BCUT2D eigenvalue weighted by atomic mass is 9.57. The maximum atomic E-state index is 13.6. The molecule has 0 atom stereocenters. The highest BCUT2D eigenvalue weighted by molar-refractivity contribution is 7.11. The Morgan fingerprint density at radius 2 is 1.90 bits per heavy atom. The van der Waals surface area contributed by atoms with E-state index in [4.69, 9.17) is 9.84 Å². The third kappa shape index (κ3) is 4.66. The Kier molecular flexibility index (Phi) is 6.16. The minimum absolute atomic E-state index is 0.0623. The van der Waals surface area contributed by atoms with Crippen molar-refractivity contribution in [2.24, 2.45) is 5.41 Å². The monoisotopic (exact) mass is 562 g/mol. The Morgan fingerprint density at radius 1 is 1.18 bits per heavy atom. The normalized spacial score (nSPS) is 24.7. The Hall–Kier alpha value is -3.15. The summed E-state index contributed by atoms with van der Waals surface area (Å²) >= 11 is 0.652. The number of carboxylic acid groups (broad SMARTS) is 1. The second-order valence-electron chi connectivity index (χ2n) is 11.2. The number of amides is 1. The lowest BCUT2D eigenvalue weighted by Crippen LogP contribution is -2.50. The third-order valence-electron chi connectivity index (χ3n) is 8.97. The Morgan fingerprint density at radius 3 is 2.54 bits per heavy atom. The highest BCUT2D eigenvalue weighted by Crippen LogP contribution is 2.56. The zero-order chi connectivity index (χ0) is 27.6. The summed E-state index contributed by atoms with van der Waals surface area (Å²) in [5.41, 5.74) is 2.30. The lowest BCUT2D eigenvalue weighted by Gasteiger charge is -2.52. The van der Waals surface area contributed by atoms with Gasteiger partial charge in [0.2, 0.25) is 5.91 Å². The molecular weight excluding hydrogens is 533 g/mol. The van der Waals surface area contributed by atoms with Crippen LogP contribution in [0.5, 0.6) is 0 Å². The third-order valence-corrected chi connectivity index (χ3v) is 10.2. The van der Waals surface area contributed by atoms with E-state index in [0.29, 0.717) is 72.7 Å². The van der Waals surface area contributed by atoms with E-state index in [9.17, 15) is 22.8 Å². The second kappa shape index (κ2) is 9.21. The molecule has 0 spiro atoms. The molecular formula is C27H29F3N4O4S. The van der Waals surface area contributed by atoms with E-state index in [2.05, 4.69) is 9.97 Å². The molecule has 0 aromatic carbocycles. The van der Waals surface area contributed by atoms with Crippen molar-refractivity contribution in [1.82, 2.24) is 19.4 Å². The number of alkyl halides is 3. The van der Waals surface area contributed by atoms with Crippen molar-refractivity contribution in [3.63, 3.8) is 0 Å². The van der Waals surface area contributed by atoms with Gasteiger partial charge in [-0.2, -0.15) is 13.2 Å². The summed E-state index contributed by atoms with van der Waals surface area (Å²) in [4.78, 5) is 35.4. The molecule has 4 aliphatic rings. The molecule has 1 N–H and O–H groups in total. The first-order chi connectivity index (χ1) is 18.5. The van der Waals surface area contributed by atoms with Crippen molar-refractivity contribution in [2.45, 2.75) is 83.2 Å². The number of carbonyl (C=O) groups is 2. The maximum Gasteiger partial charge on any atom is 0.506 e. The molecule has 39 heavy (non-hydrogen) atoms. The van der Waals surface area contributed by atoms with Crippen LogP contribution in [0.15, 0.2) is 18.3 Å². The van der Waals surface area contributed by atoms with Gasteiger partial charge < -0.3 is 19.3 Å². The summed E-state index contributed by atoms with van der Waals surface area (Å²) in [6.07, 6.45) is 1.22. The molecule has 208 valence electrons. The Labute approximate surface area is 226 Å². The van der Waals surface area contributed by atoms with Gasteiger partial charge in [-0.05, 0) is 75.0 Å². The molecule has 2 bridgehead atoms. The van der Waals surface area contributed by atoms with Crippen LogP contribution in [0.4, 0.5) is 18.0 Å². The van der Waals surface area contributed by atoms with Crippen molar-refractivity contribution in [2.75, 3.05) is 6.54 Å². The average Bonchev–Trinajstić information content (AvgIpc) is 3.42. The molecule has 4 heterocycles. The fourth-order valence-electron chi connectivity index (χ4n) is 6.75.